The van der Waals surface area contributed by atoms with Crippen LogP contribution in [0.2, 0.25) is 0 Å². The number of hydrogen-bond donors (Lipinski definition) is 2. The lowest BCUT2D eigenvalue weighted by Gasteiger charge is -2.28. The van der Waals surface area contributed by atoms with Crippen LogP contribution in [0.1, 0.15) is 40.9 Å². The molecular formula is C18H23N5O. The SMILES string of the molecule is CCN1CCc2c(c(N)nn2C(=O)C2CCNc3ccccc32)C1. The molecule has 1 aromatic carbocycles. The summed E-state index contributed by atoms with van der Waals surface area (Å²) in [6, 6.07) is 8.03. The maximum Gasteiger partial charge on any atom is 0.254 e. The number of hydrogen-bond acceptors (Lipinski definition) is 5. The van der Waals surface area contributed by atoms with Crippen molar-refractivity contribution in [2.45, 2.75) is 32.2 Å². The molecule has 6 heteroatoms. The first-order valence-corrected chi connectivity index (χ1v) is 8.64. The summed E-state index contributed by atoms with van der Waals surface area (Å²) in [5, 5.41) is 7.77. The van der Waals surface area contributed by atoms with Crippen molar-refractivity contribution < 1.29 is 4.79 Å². The second-order valence-electron chi connectivity index (χ2n) is 6.53. The lowest BCUT2D eigenvalue weighted by atomic mass is 9.90. The molecule has 0 aliphatic carbocycles. The van der Waals surface area contributed by atoms with Crippen LogP contribution in [0.4, 0.5) is 11.5 Å². The number of aromatic nitrogens is 2. The van der Waals surface area contributed by atoms with Gasteiger partial charge in [-0.15, -0.1) is 5.10 Å². The topological polar surface area (TPSA) is 76.2 Å². The van der Waals surface area contributed by atoms with Gasteiger partial charge in [-0.1, -0.05) is 25.1 Å². The third-order valence-corrected chi connectivity index (χ3v) is 5.21. The number of nitrogens with one attached hydrogen (secondary N) is 1. The highest BCUT2D eigenvalue weighted by molar-refractivity contribution is 5.89. The van der Waals surface area contributed by atoms with Gasteiger partial charge in [0.15, 0.2) is 5.82 Å². The summed E-state index contributed by atoms with van der Waals surface area (Å²) in [4.78, 5) is 15.5. The van der Waals surface area contributed by atoms with Gasteiger partial charge in [0.05, 0.1) is 11.6 Å². The van der Waals surface area contributed by atoms with E-state index in [1.807, 2.05) is 24.3 Å². The van der Waals surface area contributed by atoms with E-state index in [0.29, 0.717) is 5.82 Å². The molecule has 24 heavy (non-hydrogen) atoms. The standard InChI is InChI=1S/C18H23N5O/c1-2-22-10-8-16-14(11-22)17(19)21-23(16)18(24)13-7-9-20-15-6-4-3-5-12(13)15/h3-6,13,20H,2,7-11H2,1H3,(H2,19,21). The van der Waals surface area contributed by atoms with Crippen molar-refractivity contribution in [1.82, 2.24) is 14.7 Å². The Balaban J connectivity index is 1.70. The fourth-order valence-corrected chi connectivity index (χ4v) is 3.82. The van der Waals surface area contributed by atoms with Gasteiger partial charge in [-0.3, -0.25) is 9.69 Å². The summed E-state index contributed by atoms with van der Waals surface area (Å²) in [7, 11) is 0. The summed E-state index contributed by atoms with van der Waals surface area (Å²) in [6.07, 6.45) is 1.61. The Hall–Kier alpha value is -2.34. The molecule has 1 atom stereocenters. The Morgan fingerprint density at radius 3 is 3.08 bits per heavy atom. The lowest BCUT2D eigenvalue weighted by molar-refractivity contribution is 0.0850. The molecule has 0 spiro atoms. The summed E-state index contributed by atoms with van der Waals surface area (Å²) in [6.45, 7) is 5.66. The van der Waals surface area contributed by atoms with Crippen molar-refractivity contribution in [2.75, 3.05) is 30.7 Å². The van der Waals surface area contributed by atoms with Crippen LogP contribution in [-0.2, 0) is 13.0 Å². The van der Waals surface area contributed by atoms with Crippen LogP contribution in [-0.4, -0.2) is 40.2 Å². The summed E-state index contributed by atoms with van der Waals surface area (Å²) < 4.78 is 1.59. The van der Waals surface area contributed by atoms with Crippen LogP contribution in [0.5, 0.6) is 0 Å². The molecule has 126 valence electrons. The Morgan fingerprint density at radius 2 is 2.25 bits per heavy atom. The van der Waals surface area contributed by atoms with E-state index in [-0.39, 0.29) is 11.8 Å². The lowest BCUT2D eigenvalue weighted by Crippen LogP contribution is -2.33. The van der Waals surface area contributed by atoms with Gasteiger partial charge in [0.25, 0.3) is 5.91 Å². The van der Waals surface area contributed by atoms with Crippen LogP contribution in [0.25, 0.3) is 0 Å². The predicted molar refractivity (Wildman–Crippen MR) is 94.2 cm³/mol. The first kappa shape index (κ1) is 15.2. The van der Waals surface area contributed by atoms with E-state index in [1.54, 1.807) is 4.68 Å². The van der Waals surface area contributed by atoms with Crippen molar-refractivity contribution in [3.8, 4) is 0 Å². The molecule has 3 heterocycles. The molecule has 2 aromatic rings. The smallest absolute Gasteiger partial charge is 0.254 e. The number of nitrogens with zero attached hydrogens (tertiary/aromatic N) is 3. The largest absolute Gasteiger partial charge is 0.385 e. The van der Waals surface area contributed by atoms with Gasteiger partial charge in [-0.2, -0.15) is 0 Å². The number of benzene rings is 1. The minimum atomic E-state index is -0.157. The molecule has 0 radical (unpaired) electrons. The molecule has 2 aliphatic rings. The van der Waals surface area contributed by atoms with E-state index in [4.69, 9.17) is 5.73 Å². The molecule has 1 unspecified atom stereocenters. The highest BCUT2D eigenvalue weighted by atomic mass is 16.2. The fraction of sp³-hybridized carbons (Fsp3) is 0.444. The van der Waals surface area contributed by atoms with E-state index < -0.39 is 0 Å². The Bertz CT molecular complexity index is 782. The van der Waals surface area contributed by atoms with Crippen LogP contribution in [0.3, 0.4) is 0 Å². The van der Waals surface area contributed by atoms with Gasteiger partial charge in [-0.25, -0.2) is 4.68 Å². The van der Waals surface area contributed by atoms with Crippen LogP contribution < -0.4 is 11.1 Å². The molecule has 4 rings (SSSR count). The fourth-order valence-electron chi connectivity index (χ4n) is 3.82. The normalized spacial score (nSPS) is 20.1. The first-order chi connectivity index (χ1) is 11.7. The number of carbonyl (C=O) groups is 1. The monoisotopic (exact) mass is 325 g/mol. The van der Waals surface area contributed by atoms with Crippen LogP contribution in [0.15, 0.2) is 24.3 Å². The van der Waals surface area contributed by atoms with Crippen molar-refractivity contribution in [1.29, 1.82) is 0 Å². The zero-order valence-corrected chi connectivity index (χ0v) is 14.0. The quantitative estimate of drug-likeness (QED) is 0.884. The molecule has 0 saturated heterocycles. The number of nitrogen functional groups attached to an aromatic ring is 1. The molecule has 0 bridgehead atoms. The minimum Gasteiger partial charge on any atom is -0.385 e. The second kappa shape index (κ2) is 5.94. The number of para-hydroxylation sites is 1. The molecule has 3 N–H and O–H groups in total. The summed E-state index contributed by atoms with van der Waals surface area (Å²) >= 11 is 0. The van der Waals surface area contributed by atoms with Crippen LogP contribution in [0, 0.1) is 0 Å². The average molecular weight is 325 g/mol. The van der Waals surface area contributed by atoms with Gasteiger partial charge >= 0.3 is 0 Å². The Morgan fingerprint density at radius 1 is 1.42 bits per heavy atom. The maximum atomic E-state index is 13.2. The van der Waals surface area contributed by atoms with Crippen molar-refractivity contribution in [3.63, 3.8) is 0 Å². The number of carbonyl (C=O) groups excluding carboxylic acids is 1. The molecule has 1 aromatic heterocycles. The summed E-state index contributed by atoms with van der Waals surface area (Å²) in [5.74, 6) is 0.385. The van der Waals surface area contributed by atoms with Gasteiger partial charge < -0.3 is 11.1 Å². The van der Waals surface area contributed by atoms with Gasteiger partial charge in [0.2, 0.25) is 0 Å². The van der Waals surface area contributed by atoms with Crippen molar-refractivity contribution in [3.05, 3.63) is 41.1 Å². The average Bonchev–Trinajstić information content (AvgIpc) is 2.96. The molecule has 2 aliphatic heterocycles. The first-order valence-electron chi connectivity index (χ1n) is 8.64. The number of anilines is 2. The molecule has 0 saturated carbocycles. The van der Waals surface area contributed by atoms with Gasteiger partial charge in [-0.05, 0) is 24.6 Å². The van der Waals surface area contributed by atoms with E-state index in [0.717, 1.165) is 61.5 Å². The maximum absolute atomic E-state index is 13.2. The van der Waals surface area contributed by atoms with Gasteiger partial charge in [0.1, 0.15) is 0 Å². The summed E-state index contributed by atoms with van der Waals surface area (Å²) in [5.41, 5.74) is 10.3. The molecule has 0 fully saturated rings. The number of fused-ring (bicyclic) bond motifs is 2. The Kier molecular flexibility index (Phi) is 3.76. The molecule has 6 nitrogen and oxygen atoms in total. The Labute approximate surface area is 141 Å². The van der Waals surface area contributed by atoms with Crippen molar-refractivity contribution in [2.24, 2.45) is 0 Å². The van der Waals surface area contributed by atoms with E-state index in [9.17, 15) is 4.79 Å². The van der Waals surface area contributed by atoms with E-state index in [1.165, 1.54) is 0 Å². The molecule has 0 amide bonds. The number of nitrogens with two attached hydrogens (primary N) is 1. The highest BCUT2D eigenvalue weighted by Crippen LogP contribution is 2.34. The minimum absolute atomic E-state index is 0.0434. The van der Waals surface area contributed by atoms with E-state index in [2.05, 4.69) is 22.2 Å². The number of rotatable bonds is 2. The predicted octanol–water partition coefficient (Wildman–Crippen LogP) is 2.08. The highest BCUT2D eigenvalue weighted by Gasteiger charge is 2.32. The number of likely N-dealkylation sites (N-methyl/N-ethyl adjacent to an activating group) is 1. The third kappa shape index (κ3) is 2.38. The zero-order chi connectivity index (χ0) is 16.7. The van der Waals surface area contributed by atoms with Crippen molar-refractivity contribution >= 4 is 17.4 Å². The van der Waals surface area contributed by atoms with E-state index >= 15 is 0 Å². The van der Waals surface area contributed by atoms with Crippen LogP contribution >= 0.6 is 0 Å². The zero-order valence-electron chi connectivity index (χ0n) is 14.0. The second-order valence-corrected chi connectivity index (χ2v) is 6.53. The van der Waals surface area contributed by atoms with Gasteiger partial charge in [0, 0.05) is 37.3 Å². The third-order valence-electron chi connectivity index (χ3n) is 5.21. The molecular weight excluding hydrogens is 302 g/mol.